The summed E-state index contributed by atoms with van der Waals surface area (Å²) in [6, 6.07) is 18.3. The topological polar surface area (TPSA) is 126 Å². The summed E-state index contributed by atoms with van der Waals surface area (Å²) in [4.78, 5) is 26.9. The first-order valence-corrected chi connectivity index (χ1v) is 17.5. The van der Waals surface area contributed by atoms with Crippen molar-refractivity contribution in [2.75, 3.05) is 45.3 Å². The van der Waals surface area contributed by atoms with E-state index in [0.29, 0.717) is 50.6 Å². The SMILES string of the molecule is COC(=O)N[C@H](C(=O)Nc1cccc(F)c1CC[C@H]1CNCCN1S(=O)(=O)c1ccccc1)C(c1ccc(Cl)cc1)C1CCOCC1. The van der Waals surface area contributed by atoms with Gasteiger partial charge >= 0.3 is 6.09 Å². The highest BCUT2D eigenvalue weighted by atomic mass is 35.5. The van der Waals surface area contributed by atoms with Crippen LogP contribution in [0, 0.1) is 11.7 Å². The molecule has 0 aromatic heterocycles. The number of methoxy groups -OCH3 is 1. The minimum absolute atomic E-state index is 0.0128. The van der Waals surface area contributed by atoms with Gasteiger partial charge in [-0.05, 0) is 73.6 Å². The summed E-state index contributed by atoms with van der Waals surface area (Å²) in [5.41, 5.74) is 1.30. The molecule has 3 N–H and O–H groups in total. The number of nitrogens with zero attached hydrogens (tertiary/aromatic N) is 1. The van der Waals surface area contributed by atoms with E-state index >= 15 is 4.39 Å². The Kier molecular flexibility index (Phi) is 11.9. The monoisotopic (exact) mass is 686 g/mol. The summed E-state index contributed by atoms with van der Waals surface area (Å²) in [5.74, 6) is -1.54. The van der Waals surface area contributed by atoms with Gasteiger partial charge in [-0.25, -0.2) is 17.6 Å². The molecule has 5 rings (SSSR count). The Bertz CT molecular complexity index is 1620. The second-order valence-corrected chi connectivity index (χ2v) is 14.0. The minimum Gasteiger partial charge on any atom is -0.453 e. The molecule has 2 heterocycles. The van der Waals surface area contributed by atoms with Crippen LogP contribution in [0.3, 0.4) is 0 Å². The number of nitrogens with one attached hydrogen (secondary N) is 3. The van der Waals surface area contributed by atoms with Gasteiger partial charge in [0, 0.05) is 61.1 Å². The first-order valence-electron chi connectivity index (χ1n) is 15.7. The van der Waals surface area contributed by atoms with Gasteiger partial charge in [0.15, 0.2) is 0 Å². The molecule has 47 heavy (non-hydrogen) atoms. The molecule has 0 saturated carbocycles. The van der Waals surface area contributed by atoms with Crippen LogP contribution in [-0.4, -0.2) is 76.8 Å². The largest absolute Gasteiger partial charge is 0.453 e. The van der Waals surface area contributed by atoms with Gasteiger partial charge in [-0.15, -0.1) is 0 Å². The molecule has 2 aliphatic heterocycles. The maximum absolute atomic E-state index is 15.5. The summed E-state index contributed by atoms with van der Waals surface area (Å²) in [7, 11) is -2.54. The lowest BCUT2D eigenvalue weighted by Crippen LogP contribution is -2.53. The van der Waals surface area contributed by atoms with Gasteiger partial charge in [-0.2, -0.15) is 4.31 Å². The molecule has 10 nitrogen and oxygen atoms in total. The van der Waals surface area contributed by atoms with Crippen molar-refractivity contribution in [3.63, 3.8) is 0 Å². The summed E-state index contributed by atoms with van der Waals surface area (Å²) < 4.78 is 54.4. The maximum atomic E-state index is 15.5. The first kappa shape index (κ1) is 34.8. The summed E-state index contributed by atoms with van der Waals surface area (Å²) in [6.07, 6.45) is 1.03. The Morgan fingerprint density at radius 1 is 1.06 bits per heavy atom. The number of ether oxygens (including phenoxy) is 2. The highest BCUT2D eigenvalue weighted by Gasteiger charge is 2.38. The number of amides is 2. The number of carbonyl (C=O) groups excluding carboxylic acids is 2. The first-order chi connectivity index (χ1) is 22.7. The van der Waals surface area contributed by atoms with Crippen LogP contribution < -0.4 is 16.0 Å². The van der Waals surface area contributed by atoms with Gasteiger partial charge in [0.2, 0.25) is 15.9 Å². The molecule has 2 fully saturated rings. The molecule has 13 heteroatoms. The van der Waals surface area contributed by atoms with Crippen molar-refractivity contribution < 1.29 is 31.9 Å². The lowest BCUT2D eigenvalue weighted by atomic mass is 9.76. The van der Waals surface area contributed by atoms with Crippen LogP contribution in [0.2, 0.25) is 5.02 Å². The third-order valence-electron chi connectivity index (χ3n) is 8.88. The highest BCUT2D eigenvalue weighted by molar-refractivity contribution is 7.89. The van der Waals surface area contributed by atoms with E-state index in [2.05, 4.69) is 16.0 Å². The molecule has 0 spiro atoms. The molecule has 2 aliphatic rings. The average molecular weight is 687 g/mol. The van der Waals surface area contributed by atoms with E-state index < -0.39 is 45.8 Å². The standard InChI is InChI=1S/C34H40ClFN4O6S/c1-45-34(42)39-32(31(24-16-20-46-21-17-24)23-10-12-25(35)13-11-23)33(41)38-30-9-5-8-29(36)28(30)15-14-26-22-37-18-19-40(26)47(43,44)27-6-3-2-4-7-27/h2-13,24,26,31-32,37H,14-22H2,1H3,(H,38,41)(H,39,42)/t26-,31?,32-/m0/s1. The van der Waals surface area contributed by atoms with Crippen LogP contribution in [0.15, 0.2) is 77.7 Å². The van der Waals surface area contributed by atoms with Gasteiger partial charge in [-0.3, -0.25) is 4.79 Å². The number of halogens is 2. The second kappa shape index (κ2) is 16.0. The molecule has 3 aromatic rings. The fourth-order valence-electron chi connectivity index (χ4n) is 6.48. The van der Waals surface area contributed by atoms with E-state index in [-0.39, 0.29) is 35.0 Å². The van der Waals surface area contributed by atoms with E-state index in [4.69, 9.17) is 21.1 Å². The molecule has 0 aliphatic carbocycles. The van der Waals surface area contributed by atoms with Crippen LogP contribution in [0.25, 0.3) is 0 Å². The highest BCUT2D eigenvalue weighted by Crippen LogP contribution is 2.36. The number of benzene rings is 3. The lowest BCUT2D eigenvalue weighted by Gasteiger charge is -2.36. The fraction of sp³-hybridized carbons (Fsp3) is 0.412. The van der Waals surface area contributed by atoms with Crippen molar-refractivity contribution in [1.82, 2.24) is 14.9 Å². The normalized spacial score (nSPS) is 19.0. The molecule has 2 amide bonds. The van der Waals surface area contributed by atoms with E-state index in [0.717, 1.165) is 5.56 Å². The zero-order valence-electron chi connectivity index (χ0n) is 26.2. The van der Waals surface area contributed by atoms with E-state index in [1.54, 1.807) is 48.5 Å². The molecule has 0 bridgehead atoms. The zero-order chi connectivity index (χ0) is 33.4. The number of alkyl carbamates (subject to hydrolysis) is 1. The van der Waals surface area contributed by atoms with Crippen molar-refractivity contribution in [2.24, 2.45) is 5.92 Å². The third kappa shape index (κ3) is 8.49. The Labute approximate surface area is 280 Å². The molecule has 252 valence electrons. The van der Waals surface area contributed by atoms with Crippen LogP contribution in [0.5, 0.6) is 0 Å². The third-order valence-corrected chi connectivity index (χ3v) is 11.1. The van der Waals surface area contributed by atoms with Crippen molar-refractivity contribution in [1.29, 1.82) is 0 Å². The maximum Gasteiger partial charge on any atom is 0.407 e. The predicted molar refractivity (Wildman–Crippen MR) is 177 cm³/mol. The quantitative estimate of drug-likeness (QED) is 0.261. The van der Waals surface area contributed by atoms with Gasteiger partial charge < -0.3 is 25.4 Å². The Balaban J connectivity index is 1.40. The lowest BCUT2D eigenvalue weighted by molar-refractivity contribution is -0.119. The van der Waals surface area contributed by atoms with Gasteiger partial charge in [0.25, 0.3) is 0 Å². The summed E-state index contributed by atoms with van der Waals surface area (Å²) >= 11 is 6.18. The molecule has 1 unspecified atom stereocenters. The number of anilines is 1. The van der Waals surface area contributed by atoms with E-state index in [1.807, 2.05) is 12.1 Å². The summed E-state index contributed by atoms with van der Waals surface area (Å²) in [6.45, 7) is 2.22. The summed E-state index contributed by atoms with van der Waals surface area (Å²) in [5, 5.41) is 9.40. The van der Waals surface area contributed by atoms with Crippen molar-refractivity contribution in [3.05, 3.63) is 94.8 Å². The Morgan fingerprint density at radius 3 is 2.49 bits per heavy atom. The smallest absolute Gasteiger partial charge is 0.407 e. The van der Waals surface area contributed by atoms with Crippen molar-refractivity contribution in [3.8, 4) is 0 Å². The van der Waals surface area contributed by atoms with Crippen LogP contribution in [0.1, 0.15) is 36.3 Å². The molecular weight excluding hydrogens is 647 g/mol. The van der Waals surface area contributed by atoms with Crippen LogP contribution >= 0.6 is 11.6 Å². The molecular formula is C34H40ClFN4O6S. The average Bonchev–Trinajstić information content (AvgIpc) is 3.09. The molecule has 3 aromatic carbocycles. The minimum atomic E-state index is -3.77. The Morgan fingerprint density at radius 2 is 1.79 bits per heavy atom. The number of rotatable bonds is 11. The van der Waals surface area contributed by atoms with Crippen molar-refractivity contribution in [2.45, 2.75) is 48.6 Å². The molecule has 0 radical (unpaired) electrons. The van der Waals surface area contributed by atoms with Crippen LogP contribution in [-0.2, 0) is 30.7 Å². The van der Waals surface area contributed by atoms with Crippen molar-refractivity contribution >= 4 is 39.3 Å². The number of hydrogen-bond donors (Lipinski definition) is 3. The van der Waals surface area contributed by atoms with Gasteiger partial charge in [0.05, 0.1) is 12.0 Å². The molecule has 2 saturated heterocycles. The number of carbonyl (C=O) groups is 2. The van der Waals surface area contributed by atoms with E-state index in [9.17, 15) is 18.0 Å². The van der Waals surface area contributed by atoms with E-state index in [1.165, 1.54) is 23.5 Å². The predicted octanol–water partition coefficient (Wildman–Crippen LogP) is 4.95. The Hall–Kier alpha value is -3.55. The second-order valence-electron chi connectivity index (χ2n) is 11.7. The number of sulfonamides is 1. The zero-order valence-corrected chi connectivity index (χ0v) is 27.7. The molecule has 3 atom stereocenters. The van der Waals surface area contributed by atoms with Gasteiger partial charge in [-0.1, -0.05) is 48.0 Å². The van der Waals surface area contributed by atoms with Gasteiger partial charge in [0.1, 0.15) is 11.9 Å². The number of hydrogen-bond acceptors (Lipinski definition) is 7. The van der Waals surface area contributed by atoms with Crippen LogP contribution in [0.4, 0.5) is 14.9 Å². The fourth-order valence-corrected chi connectivity index (χ4v) is 8.29. The number of piperazine rings is 1.